The highest BCUT2D eigenvalue weighted by Crippen LogP contribution is 2.22. The minimum Gasteiger partial charge on any atom is -0.451 e. The number of benzene rings is 1. The molecule has 0 saturated heterocycles. The SMILES string of the molecule is CC(=O)c1ccc(S(=O)(=O)N[C@H](C)C(=O)O[C@H](C)C(=O)N(C)C2CCCCC2)cc1. The van der Waals surface area contributed by atoms with E-state index in [0.717, 1.165) is 32.1 Å². The van der Waals surface area contributed by atoms with Crippen LogP contribution in [0, 0.1) is 0 Å². The molecule has 1 aliphatic rings. The zero-order valence-corrected chi connectivity index (χ0v) is 18.7. The maximum absolute atomic E-state index is 12.6. The lowest BCUT2D eigenvalue weighted by atomic mass is 9.94. The number of amides is 1. The van der Waals surface area contributed by atoms with Crippen molar-refractivity contribution in [3.63, 3.8) is 0 Å². The summed E-state index contributed by atoms with van der Waals surface area (Å²) in [4.78, 5) is 37.8. The van der Waals surface area contributed by atoms with Crippen molar-refractivity contribution in [3.05, 3.63) is 29.8 Å². The van der Waals surface area contributed by atoms with E-state index in [0.29, 0.717) is 5.56 Å². The van der Waals surface area contributed by atoms with Crippen molar-refractivity contribution in [1.82, 2.24) is 9.62 Å². The maximum Gasteiger partial charge on any atom is 0.324 e. The van der Waals surface area contributed by atoms with Crippen molar-refractivity contribution in [3.8, 4) is 0 Å². The van der Waals surface area contributed by atoms with Crippen molar-refractivity contribution in [2.75, 3.05) is 7.05 Å². The summed E-state index contributed by atoms with van der Waals surface area (Å²) < 4.78 is 32.4. The number of nitrogens with one attached hydrogen (secondary N) is 1. The molecule has 1 aliphatic carbocycles. The van der Waals surface area contributed by atoms with Gasteiger partial charge < -0.3 is 9.64 Å². The number of carbonyl (C=O) groups is 3. The van der Waals surface area contributed by atoms with Crippen molar-refractivity contribution in [1.29, 1.82) is 0 Å². The van der Waals surface area contributed by atoms with Gasteiger partial charge in [-0.2, -0.15) is 4.72 Å². The molecule has 2 rings (SSSR count). The third kappa shape index (κ3) is 6.12. The van der Waals surface area contributed by atoms with Crippen molar-refractivity contribution in [2.24, 2.45) is 0 Å². The zero-order chi connectivity index (χ0) is 22.5. The van der Waals surface area contributed by atoms with E-state index in [1.165, 1.54) is 45.0 Å². The third-order valence-electron chi connectivity index (χ3n) is 5.37. The Morgan fingerprint density at radius 3 is 2.17 bits per heavy atom. The Labute approximate surface area is 178 Å². The van der Waals surface area contributed by atoms with Crippen molar-refractivity contribution >= 4 is 27.7 Å². The number of hydrogen-bond acceptors (Lipinski definition) is 6. The lowest BCUT2D eigenvalue weighted by molar-refractivity contribution is -0.160. The molecule has 166 valence electrons. The van der Waals surface area contributed by atoms with Gasteiger partial charge in [-0.15, -0.1) is 0 Å². The number of nitrogens with zero attached hydrogens (tertiary/aromatic N) is 1. The number of hydrogen-bond donors (Lipinski definition) is 1. The summed E-state index contributed by atoms with van der Waals surface area (Å²) in [6.45, 7) is 4.22. The van der Waals surface area contributed by atoms with Crippen LogP contribution in [0.25, 0.3) is 0 Å². The van der Waals surface area contributed by atoms with Gasteiger partial charge in [0.15, 0.2) is 11.9 Å². The third-order valence-corrected chi connectivity index (χ3v) is 6.92. The van der Waals surface area contributed by atoms with Crippen LogP contribution in [0.4, 0.5) is 0 Å². The number of carbonyl (C=O) groups excluding carboxylic acids is 3. The number of ketones is 1. The topological polar surface area (TPSA) is 110 Å². The Hall–Kier alpha value is -2.26. The molecule has 1 amide bonds. The largest absolute Gasteiger partial charge is 0.451 e. The highest BCUT2D eigenvalue weighted by molar-refractivity contribution is 7.89. The quantitative estimate of drug-likeness (QED) is 0.493. The predicted octanol–water partition coefficient (Wildman–Crippen LogP) is 2.28. The minimum absolute atomic E-state index is 0.0756. The van der Waals surface area contributed by atoms with E-state index < -0.39 is 28.1 Å². The molecular formula is C21H30N2O6S. The van der Waals surface area contributed by atoms with Gasteiger partial charge in [-0.3, -0.25) is 14.4 Å². The molecule has 1 N–H and O–H groups in total. The lowest BCUT2D eigenvalue weighted by Crippen LogP contribution is -2.46. The Morgan fingerprint density at radius 1 is 1.07 bits per heavy atom. The van der Waals surface area contributed by atoms with Crippen LogP contribution < -0.4 is 4.72 Å². The van der Waals surface area contributed by atoms with Gasteiger partial charge >= 0.3 is 5.97 Å². The van der Waals surface area contributed by atoms with E-state index in [2.05, 4.69) is 4.72 Å². The molecule has 0 heterocycles. The standard InChI is InChI=1S/C21H30N2O6S/c1-14(22-30(27,28)19-12-10-17(11-13-19)15(2)24)21(26)29-16(3)20(25)23(4)18-8-6-5-7-9-18/h10-14,16,18,22H,5-9H2,1-4H3/t14-,16-/m1/s1. The van der Waals surface area contributed by atoms with Crippen LogP contribution >= 0.6 is 0 Å². The van der Waals surface area contributed by atoms with Gasteiger partial charge in [0.2, 0.25) is 10.0 Å². The highest BCUT2D eigenvalue weighted by Gasteiger charge is 2.30. The molecular weight excluding hydrogens is 408 g/mol. The summed E-state index contributed by atoms with van der Waals surface area (Å²) in [5.41, 5.74) is 0.385. The molecule has 1 fully saturated rings. The van der Waals surface area contributed by atoms with Crippen LogP contribution in [0.5, 0.6) is 0 Å². The first-order valence-corrected chi connectivity index (χ1v) is 11.6. The second-order valence-electron chi connectivity index (χ2n) is 7.74. The fourth-order valence-corrected chi connectivity index (χ4v) is 4.67. The summed E-state index contributed by atoms with van der Waals surface area (Å²) >= 11 is 0. The van der Waals surface area contributed by atoms with E-state index in [1.807, 2.05) is 0 Å². The van der Waals surface area contributed by atoms with Gasteiger partial charge in [-0.05, 0) is 45.7 Å². The van der Waals surface area contributed by atoms with E-state index in [-0.39, 0.29) is 22.6 Å². The monoisotopic (exact) mass is 438 g/mol. The molecule has 0 aliphatic heterocycles. The molecule has 1 aromatic carbocycles. The van der Waals surface area contributed by atoms with Crippen molar-refractivity contribution < 1.29 is 27.5 Å². The highest BCUT2D eigenvalue weighted by atomic mass is 32.2. The molecule has 1 aromatic rings. The summed E-state index contributed by atoms with van der Waals surface area (Å²) in [6.07, 6.45) is 4.17. The maximum atomic E-state index is 12.6. The van der Waals surface area contributed by atoms with Gasteiger partial charge in [0.05, 0.1) is 4.90 Å². The van der Waals surface area contributed by atoms with E-state index in [9.17, 15) is 22.8 Å². The summed E-state index contributed by atoms with van der Waals surface area (Å²) in [5, 5.41) is 0. The van der Waals surface area contributed by atoms with E-state index >= 15 is 0 Å². The lowest BCUT2D eigenvalue weighted by Gasteiger charge is -2.32. The average Bonchev–Trinajstić information content (AvgIpc) is 2.72. The Bertz CT molecular complexity index is 875. The molecule has 0 radical (unpaired) electrons. The van der Waals surface area contributed by atoms with Gasteiger partial charge in [0.1, 0.15) is 6.04 Å². The van der Waals surface area contributed by atoms with Crippen LogP contribution in [-0.2, 0) is 24.3 Å². The molecule has 1 saturated carbocycles. The first kappa shape index (κ1) is 24.0. The summed E-state index contributed by atoms with van der Waals surface area (Å²) in [5.74, 6) is -1.32. The van der Waals surface area contributed by atoms with Crippen LogP contribution in [0.3, 0.4) is 0 Å². The Morgan fingerprint density at radius 2 is 1.63 bits per heavy atom. The van der Waals surface area contributed by atoms with Crippen LogP contribution in [0.15, 0.2) is 29.2 Å². The van der Waals surface area contributed by atoms with Crippen LogP contribution in [0.2, 0.25) is 0 Å². The van der Waals surface area contributed by atoms with Gasteiger partial charge in [-0.1, -0.05) is 31.4 Å². The summed E-state index contributed by atoms with van der Waals surface area (Å²) in [6, 6.07) is 4.35. The number of rotatable bonds is 8. The molecule has 0 aromatic heterocycles. The van der Waals surface area contributed by atoms with E-state index in [4.69, 9.17) is 4.74 Å². The normalized spacial score (nSPS) is 17.1. The Kier molecular flexibility index (Phi) is 8.14. The van der Waals surface area contributed by atoms with Crippen LogP contribution in [0.1, 0.15) is 63.2 Å². The fourth-order valence-electron chi connectivity index (χ4n) is 3.48. The number of ether oxygens (including phenoxy) is 1. The van der Waals surface area contributed by atoms with E-state index in [1.54, 1.807) is 11.9 Å². The molecule has 8 nitrogen and oxygen atoms in total. The number of esters is 1. The van der Waals surface area contributed by atoms with Gasteiger partial charge in [-0.25, -0.2) is 8.42 Å². The molecule has 0 unspecified atom stereocenters. The minimum atomic E-state index is -3.99. The van der Waals surface area contributed by atoms with Gasteiger partial charge in [0, 0.05) is 18.7 Å². The molecule has 30 heavy (non-hydrogen) atoms. The predicted molar refractivity (Wildman–Crippen MR) is 111 cm³/mol. The summed E-state index contributed by atoms with van der Waals surface area (Å²) in [7, 11) is -2.29. The van der Waals surface area contributed by atoms with Crippen LogP contribution in [-0.4, -0.2) is 56.2 Å². The molecule has 0 spiro atoms. The van der Waals surface area contributed by atoms with Crippen molar-refractivity contribution in [2.45, 2.75) is 76.0 Å². The van der Waals surface area contributed by atoms with Gasteiger partial charge in [0.25, 0.3) is 5.91 Å². The molecule has 0 bridgehead atoms. The number of likely N-dealkylation sites (N-methyl/N-ethyl adjacent to an activating group) is 1. The molecule has 2 atom stereocenters. The second-order valence-corrected chi connectivity index (χ2v) is 9.46. The first-order chi connectivity index (χ1) is 14.0. The smallest absolute Gasteiger partial charge is 0.324 e. The zero-order valence-electron chi connectivity index (χ0n) is 17.9. The molecule has 9 heteroatoms. The number of Topliss-reactive ketones (excluding diaryl/α,β-unsaturated/α-hetero) is 1. The number of sulfonamides is 1. The fraction of sp³-hybridized carbons (Fsp3) is 0.571. The Balaban J connectivity index is 1.95. The first-order valence-electron chi connectivity index (χ1n) is 10.1. The second kappa shape index (κ2) is 10.2. The average molecular weight is 439 g/mol.